The molecular weight excluding hydrogens is 266 g/mol. The van der Waals surface area contributed by atoms with Gasteiger partial charge in [0.2, 0.25) is 0 Å². The Balaban J connectivity index is 2.28. The van der Waals surface area contributed by atoms with Gasteiger partial charge in [-0.25, -0.2) is 9.78 Å². The van der Waals surface area contributed by atoms with Crippen LogP contribution in [-0.4, -0.2) is 27.1 Å². The van der Waals surface area contributed by atoms with Crippen molar-refractivity contribution in [3.63, 3.8) is 0 Å². The molecule has 2 aromatic heterocycles. The summed E-state index contributed by atoms with van der Waals surface area (Å²) in [5.41, 5.74) is 1.39. The molecule has 2 aromatic rings. The van der Waals surface area contributed by atoms with E-state index in [1.165, 1.54) is 11.0 Å². The summed E-state index contributed by atoms with van der Waals surface area (Å²) in [6.07, 6.45) is 3.36. The van der Waals surface area contributed by atoms with Crippen molar-refractivity contribution in [2.75, 3.05) is 11.4 Å². The Kier molecular flexibility index (Phi) is 3.34. The number of rotatable bonds is 1. The fourth-order valence-electron chi connectivity index (χ4n) is 2.88. The molecule has 0 saturated carbocycles. The first kappa shape index (κ1) is 13.6. The molecule has 6 nitrogen and oxygen atoms in total. The molecule has 3 heterocycles. The van der Waals surface area contributed by atoms with E-state index in [0.29, 0.717) is 28.6 Å². The number of nitrogens with zero attached hydrogens (tertiary/aromatic N) is 5. The van der Waals surface area contributed by atoms with E-state index >= 15 is 0 Å². The van der Waals surface area contributed by atoms with Gasteiger partial charge in [0.15, 0.2) is 5.82 Å². The Hall–Kier alpha value is -2.42. The topological polar surface area (TPSA) is 74.8 Å². The summed E-state index contributed by atoms with van der Waals surface area (Å²) in [6, 6.07) is 5.77. The number of hydrogen-bond acceptors (Lipinski definition) is 5. The van der Waals surface area contributed by atoms with E-state index in [2.05, 4.69) is 21.8 Å². The van der Waals surface area contributed by atoms with Crippen LogP contribution in [0.3, 0.4) is 0 Å². The molecule has 0 aliphatic carbocycles. The van der Waals surface area contributed by atoms with Crippen LogP contribution in [0.5, 0.6) is 0 Å². The van der Waals surface area contributed by atoms with Crippen LogP contribution in [0.25, 0.3) is 11.0 Å². The van der Waals surface area contributed by atoms with Crippen LogP contribution in [0, 0.1) is 11.3 Å². The van der Waals surface area contributed by atoms with Crippen LogP contribution < -0.4 is 10.6 Å². The summed E-state index contributed by atoms with van der Waals surface area (Å²) in [5, 5.41) is 9.06. The number of hydrogen-bond donors (Lipinski definition) is 0. The highest BCUT2D eigenvalue weighted by Crippen LogP contribution is 2.27. The summed E-state index contributed by atoms with van der Waals surface area (Å²) >= 11 is 0. The lowest BCUT2D eigenvalue weighted by atomic mass is 10.0. The van der Waals surface area contributed by atoms with E-state index in [1.807, 2.05) is 6.07 Å². The maximum atomic E-state index is 12.1. The Morgan fingerprint density at radius 1 is 1.33 bits per heavy atom. The van der Waals surface area contributed by atoms with Crippen molar-refractivity contribution in [1.29, 1.82) is 5.26 Å². The average Bonchev–Trinajstić information content (AvgIpc) is 2.51. The smallest absolute Gasteiger partial charge is 0.349 e. The van der Waals surface area contributed by atoms with E-state index in [4.69, 9.17) is 5.26 Å². The summed E-state index contributed by atoms with van der Waals surface area (Å²) < 4.78 is 1.47. The first-order chi connectivity index (χ1) is 10.1. The monoisotopic (exact) mass is 283 g/mol. The maximum absolute atomic E-state index is 12.1. The van der Waals surface area contributed by atoms with E-state index in [9.17, 15) is 4.79 Å². The van der Waals surface area contributed by atoms with Gasteiger partial charge in [-0.2, -0.15) is 10.2 Å². The molecule has 1 aliphatic heterocycles. The molecule has 0 unspecified atom stereocenters. The maximum Gasteiger partial charge on any atom is 0.349 e. The number of pyridine rings is 1. The van der Waals surface area contributed by atoms with Crippen LogP contribution in [0.15, 0.2) is 16.9 Å². The third-order valence-corrected chi connectivity index (χ3v) is 4.13. The van der Waals surface area contributed by atoms with Gasteiger partial charge in [0, 0.05) is 19.6 Å². The van der Waals surface area contributed by atoms with E-state index < -0.39 is 0 Å². The van der Waals surface area contributed by atoms with Crippen molar-refractivity contribution < 1.29 is 0 Å². The minimum absolute atomic E-state index is 0.290. The molecule has 0 spiro atoms. The third kappa shape index (κ3) is 2.25. The lowest BCUT2D eigenvalue weighted by Crippen LogP contribution is -2.40. The van der Waals surface area contributed by atoms with Crippen molar-refractivity contribution in [1.82, 2.24) is 14.5 Å². The zero-order chi connectivity index (χ0) is 15.0. The highest BCUT2D eigenvalue weighted by molar-refractivity contribution is 5.86. The normalized spacial score (nSPS) is 18.7. The molecule has 108 valence electrons. The van der Waals surface area contributed by atoms with E-state index in [-0.39, 0.29) is 5.69 Å². The zero-order valence-corrected chi connectivity index (χ0v) is 12.2. The lowest BCUT2D eigenvalue weighted by molar-refractivity contribution is 0.481. The van der Waals surface area contributed by atoms with Gasteiger partial charge in [-0.1, -0.05) is 0 Å². The zero-order valence-electron chi connectivity index (χ0n) is 12.2. The second-order valence-corrected chi connectivity index (χ2v) is 5.49. The van der Waals surface area contributed by atoms with Gasteiger partial charge in [0.1, 0.15) is 17.3 Å². The number of anilines is 1. The molecule has 3 rings (SSSR count). The van der Waals surface area contributed by atoms with Gasteiger partial charge in [-0.3, -0.25) is 4.57 Å². The molecule has 1 atom stereocenters. The highest BCUT2D eigenvalue weighted by atomic mass is 16.1. The summed E-state index contributed by atoms with van der Waals surface area (Å²) in [5.74, 6) is 0.609. The Morgan fingerprint density at radius 3 is 2.86 bits per heavy atom. The van der Waals surface area contributed by atoms with Gasteiger partial charge >= 0.3 is 5.69 Å². The average molecular weight is 283 g/mol. The van der Waals surface area contributed by atoms with Crippen molar-refractivity contribution in [2.24, 2.45) is 7.05 Å². The van der Waals surface area contributed by atoms with Crippen LogP contribution >= 0.6 is 0 Å². The first-order valence-electron chi connectivity index (χ1n) is 7.16. The fourth-order valence-corrected chi connectivity index (χ4v) is 2.88. The second kappa shape index (κ2) is 5.17. The minimum Gasteiger partial charge on any atom is -0.352 e. The van der Waals surface area contributed by atoms with Crippen LogP contribution in [0.4, 0.5) is 5.82 Å². The van der Waals surface area contributed by atoms with E-state index in [0.717, 1.165) is 19.4 Å². The predicted octanol–water partition coefficient (Wildman–Crippen LogP) is 1.58. The van der Waals surface area contributed by atoms with Crippen molar-refractivity contribution >= 4 is 16.9 Å². The number of aryl methyl sites for hydroxylation is 1. The molecule has 0 bridgehead atoms. The molecule has 0 amide bonds. The van der Waals surface area contributed by atoms with Gasteiger partial charge in [-0.15, -0.1) is 0 Å². The summed E-state index contributed by atoms with van der Waals surface area (Å²) in [6.45, 7) is 3.01. The molecular formula is C15H17N5O. The van der Waals surface area contributed by atoms with E-state index in [1.54, 1.807) is 19.2 Å². The van der Waals surface area contributed by atoms with Gasteiger partial charge in [0.25, 0.3) is 0 Å². The number of piperidine rings is 1. The molecule has 0 radical (unpaired) electrons. The minimum atomic E-state index is -0.290. The van der Waals surface area contributed by atoms with Crippen LogP contribution in [0.1, 0.15) is 31.9 Å². The molecule has 21 heavy (non-hydrogen) atoms. The van der Waals surface area contributed by atoms with Crippen molar-refractivity contribution in [3.8, 4) is 6.07 Å². The van der Waals surface area contributed by atoms with Crippen LogP contribution in [-0.2, 0) is 7.05 Å². The number of aromatic nitrogens is 3. The Morgan fingerprint density at radius 2 is 2.14 bits per heavy atom. The van der Waals surface area contributed by atoms with Gasteiger partial charge in [-0.05, 0) is 38.3 Å². The van der Waals surface area contributed by atoms with Crippen molar-refractivity contribution in [2.45, 2.75) is 32.2 Å². The predicted molar refractivity (Wildman–Crippen MR) is 80.2 cm³/mol. The fraction of sp³-hybridized carbons (Fsp3) is 0.467. The summed E-state index contributed by atoms with van der Waals surface area (Å²) in [7, 11) is 1.68. The molecule has 1 aliphatic rings. The lowest BCUT2D eigenvalue weighted by Gasteiger charge is -2.34. The molecule has 1 saturated heterocycles. The molecule has 0 aromatic carbocycles. The second-order valence-electron chi connectivity index (χ2n) is 5.49. The SMILES string of the molecule is C[C@H]1CCCCN1c1nc(=O)n(C)c2ccc(C#N)nc12. The summed E-state index contributed by atoms with van der Waals surface area (Å²) in [4.78, 5) is 22.8. The van der Waals surface area contributed by atoms with Gasteiger partial charge < -0.3 is 4.90 Å². The van der Waals surface area contributed by atoms with Crippen LogP contribution in [0.2, 0.25) is 0 Å². The number of nitriles is 1. The standard InChI is InChI=1S/C15H17N5O/c1-10-5-3-4-8-20(10)14-13-12(19(2)15(21)18-14)7-6-11(9-16)17-13/h6-7,10H,3-5,8H2,1-2H3/t10-/m0/s1. The molecule has 0 N–H and O–H groups in total. The van der Waals surface area contributed by atoms with Gasteiger partial charge in [0.05, 0.1) is 5.52 Å². The molecule has 1 fully saturated rings. The quantitative estimate of drug-likeness (QED) is 0.794. The highest BCUT2D eigenvalue weighted by Gasteiger charge is 2.23. The third-order valence-electron chi connectivity index (χ3n) is 4.13. The first-order valence-corrected chi connectivity index (χ1v) is 7.16. The number of fused-ring (bicyclic) bond motifs is 1. The van der Waals surface area contributed by atoms with Crippen molar-refractivity contribution in [3.05, 3.63) is 28.3 Å². The molecule has 6 heteroatoms. The largest absolute Gasteiger partial charge is 0.352 e. The Bertz CT molecular complexity index is 789. The Labute approximate surface area is 122 Å².